The monoisotopic (exact) mass is 508 g/mol. The van der Waals surface area contributed by atoms with Gasteiger partial charge in [-0.1, -0.05) is 32.8 Å². The summed E-state index contributed by atoms with van der Waals surface area (Å²) in [5.74, 6) is 0. The van der Waals surface area contributed by atoms with E-state index in [1.54, 1.807) is 12.4 Å². The molecule has 2 rings (SSSR count). The van der Waals surface area contributed by atoms with Crippen LogP contribution in [0.15, 0.2) is 75.7 Å². The topological polar surface area (TPSA) is 168 Å². The third-order valence-electron chi connectivity index (χ3n) is 3.60. The van der Waals surface area contributed by atoms with Crippen LogP contribution in [0.1, 0.15) is 34.1 Å². The molecule has 0 aromatic carbocycles. The number of oxime groups is 4. The third-order valence-corrected chi connectivity index (χ3v) is 3.60. The van der Waals surface area contributed by atoms with Gasteiger partial charge >= 0.3 is 0 Å². The summed E-state index contributed by atoms with van der Waals surface area (Å²) in [6.07, 6.45) is 7.72. The molecule has 187 valence electrons. The van der Waals surface area contributed by atoms with Crippen LogP contribution in [0.5, 0.6) is 0 Å². The van der Waals surface area contributed by atoms with Crippen molar-refractivity contribution in [2.24, 2.45) is 20.6 Å². The van der Waals surface area contributed by atoms with Crippen molar-refractivity contribution in [1.82, 2.24) is 9.55 Å². The van der Waals surface area contributed by atoms with Crippen LogP contribution >= 0.6 is 0 Å². The number of aliphatic hydroxyl groups is 1. The summed E-state index contributed by atoms with van der Waals surface area (Å²) in [5, 5.41) is 52.1. The van der Waals surface area contributed by atoms with Crippen molar-refractivity contribution in [1.29, 1.82) is 0 Å². The summed E-state index contributed by atoms with van der Waals surface area (Å²) in [4.78, 5) is 3.78. The van der Waals surface area contributed by atoms with Crippen LogP contribution in [0.2, 0.25) is 0 Å². The molecule has 1 unspecified atom stereocenters. The molecule has 0 aliphatic rings. The van der Waals surface area contributed by atoms with Gasteiger partial charge in [-0.05, 0) is 58.4 Å². The van der Waals surface area contributed by atoms with Crippen molar-refractivity contribution in [2.45, 2.75) is 46.8 Å². The molecule has 0 saturated heterocycles. The van der Waals surface area contributed by atoms with Crippen molar-refractivity contribution in [3.8, 4) is 0 Å². The van der Waals surface area contributed by atoms with Gasteiger partial charge in [0.1, 0.15) is 22.8 Å². The average molecular weight is 508 g/mol. The van der Waals surface area contributed by atoms with E-state index < -0.39 is 6.10 Å². The van der Waals surface area contributed by atoms with Gasteiger partial charge in [-0.15, -0.1) is 0 Å². The molecule has 1 atom stereocenters. The van der Waals surface area contributed by atoms with Crippen LogP contribution in [0, 0.1) is 6.92 Å². The van der Waals surface area contributed by atoms with Crippen LogP contribution in [-0.2, 0) is 23.3 Å². The number of aromatic nitrogens is 2. The van der Waals surface area contributed by atoms with Crippen LogP contribution in [0.25, 0.3) is 0 Å². The van der Waals surface area contributed by atoms with E-state index in [2.05, 4.69) is 32.5 Å². The first kappa shape index (κ1) is 34.4. The fourth-order valence-corrected chi connectivity index (χ4v) is 1.42. The maximum absolute atomic E-state index is 8.83. The molecule has 2 aromatic heterocycles. The van der Waals surface area contributed by atoms with E-state index in [-0.39, 0.29) is 16.8 Å². The number of nitrogens with zero attached hydrogens (tertiary/aromatic N) is 6. The van der Waals surface area contributed by atoms with Gasteiger partial charge in [-0.2, -0.15) is 0 Å². The zero-order chi connectivity index (χ0) is 24.8. The zero-order valence-electron chi connectivity index (χ0n) is 19.1. The van der Waals surface area contributed by atoms with Crippen molar-refractivity contribution in [3.63, 3.8) is 0 Å². The number of hydrogen-bond acceptors (Lipinski definition) is 10. The predicted octanol–water partition coefficient (Wildman–Crippen LogP) is 3.53. The Bertz CT molecular complexity index is 719. The van der Waals surface area contributed by atoms with Crippen molar-refractivity contribution >= 4 is 22.8 Å². The molecule has 11 nitrogen and oxygen atoms in total. The molecule has 0 spiro atoms. The Kier molecular flexibility index (Phi) is 24.4. The largest absolute Gasteiger partial charge is 0.425 e. The van der Waals surface area contributed by atoms with Gasteiger partial charge in [0.2, 0.25) is 0 Å². The van der Waals surface area contributed by atoms with Gasteiger partial charge in [0.25, 0.3) is 0 Å². The second kappa shape index (κ2) is 23.4. The summed E-state index contributed by atoms with van der Waals surface area (Å²) >= 11 is 0. The van der Waals surface area contributed by atoms with Crippen molar-refractivity contribution < 1.29 is 42.7 Å². The smallest absolute Gasteiger partial charge is 0.101 e. The van der Waals surface area contributed by atoms with Crippen LogP contribution < -0.4 is 0 Å². The van der Waals surface area contributed by atoms with Gasteiger partial charge in [-0.3, -0.25) is 4.98 Å². The van der Waals surface area contributed by atoms with Crippen LogP contribution in [0.3, 0.4) is 0 Å². The minimum absolute atomic E-state index is 0. The third kappa shape index (κ3) is 21.8. The number of rotatable bonds is 5. The average Bonchev–Trinajstić information content (AvgIpc) is 3.36. The molecule has 0 amide bonds. The summed E-state index contributed by atoms with van der Waals surface area (Å²) < 4.78 is 2.02. The maximum Gasteiger partial charge on any atom is 0.101 e. The second-order valence-electron chi connectivity index (χ2n) is 6.13. The van der Waals surface area contributed by atoms with Crippen molar-refractivity contribution in [3.05, 3.63) is 62.0 Å². The van der Waals surface area contributed by atoms with Gasteiger partial charge in [0.05, 0.1) is 0 Å². The van der Waals surface area contributed by atoms with E-state index in [1.807, 2.05) is 47.3 Å². The van der Waals surface area contributed by atoms with E-state index in [4.69, 9.17) is 25.9 Å². The molecule has 5 N–H and O–H groups in total. The summed E-state index contributed by atoms with van der Waals surface area (Å²) in [5.41, 5.74) is 1.25. The Labute approximate surface area is 204 Å². The molecule has 0 fully saturated rings. The Balaban J connectivity index is -0.000000365. The van der Waals surface area contributed by atoms with Crippen LogP contribution in [-0.4, -0.2) is 64.4 Å². The first-order valence-corrected chi connectivity index (χ1v) is 9.45. The molecular weight excluding hydrogens is 475 g/mol. The van der Waals surface area contributed by atoms with Gasteiger partial charge in [0, 0.05) is 48.1 Å². The summed E-state index contributed by atoms with van der Waals surface area (Å²) in [7, 11) is 0. The standard InChI is InChI=1S/C8H12NO.C5H5N.2C4H8N2O2.Co/c1-8(10)4-7-9-5-2-3-6-9;1-2-4-6-5-3-1;2*1-3(5-7)4(2)6-8;/h2-3,5-6,8,10H,1,4,7H2;1-5H;2*7-8H,1-2H3;/q-1;;;;/b;;2*5-3+,6-4+;. The number of aryl methyl sites for hydroxylation is 1. The molecule has 2 aromatic rings. The molecular formula is C21H33CoN6O5-. The molecule has 12 heteroatoms. The van der Waals surface area contributed by atoms with E-state index in [0.717, 1.165) is 6.54 Å². The fourth-order valence-electron chi connectivity index (χ4n) is 1.42. The van der Waals surface area contributed by atoms with Gasteiger partial charge in [0.15, 0.2) is 0 Å². The molecule has 1 radical (unpaired) electrons. The maximum atomic E-state index is 8.83. The van der Waals surface area contributed by atoms with Gasteiger partial charge in [-0.25, -0.2) is 0 Å². The first-order valence-electron chi connectivity index (χ1n) is 9.45. The summed E-state index contributed by atoms with van der Waals surface area (Å²) in [6.45, 7) is 10.5. The Morgan fingerprint density at radius 2 is 1.12 bits per heavy atom. The van der Waals surface area contributed by atoms with Crippen molar-refractivity contribution in [2.75, 3.05) is 0 Å². The Morgan fingerprint density at radius 3 is 1.33 bits per heavy atom. The number of aliphatic hydroxyl groups excluding tert-OH is 1. The van der Waals surface area contributed by atoms with E-state index in [1.165, 1.54) is 27.7 Å². The molecule has 2 heterocycles. The Morgan fingerprint density at radius 1 is 0.758 bits per heavy atom. The summed E-state index contributed by atoms with van der Waals surface area (Å²) in [6, 6.07) is 9.65. The zero-order valence-corrected chi connectivity index (χ0v) is 20.2. The Hall–Kier alpha value is -3.22. The fraction of sp³-hybridized carbons (Fsp3) is 0.333. The molecule has 0 bridgehead atoms. The van der Waals surface area contributed by atoms with E-state index >= 15 is 0 Å². The second-order valence-corrected chi connectivity index (χ2v) is 6.13. The molecule has 0 aliphatic heterocycles. The van der Waals surface area contributed by atoms with Gasteiger partial charge < -0.3 is 37.4 Å². The first-order chi connectivity index (χ1) is 15.2. The number of pyridine rings is 1. The molecule has 0 saturated carbocycles. The predicted molar refractivity (Wildman–Crippen MR) is 124 cm³/mol. The molecule has 33 heavy (non-hydrogen) atoms. The number of hydrogen-bond donors (Lipinski definition) is 5. The SMILES string of the molecule is CC(=N\O)/C(C)=N/O.CC(=N\O)/C(C)=N/O.[CH2-]C(O)CCn1cccc1.[Co].c1ccncc1. The normalized spacial score (nSPS) is 12.4. The van der Waals surface area contributed by atoms with Crippen LogP contribution in [0.4, 0.5) is 0 Å². The minimum Gasteiger partial charge on any atom is -0.425 e. The molecule has 0 aliphatic carbocycles. The van der Waals surface area contributed by atoms with E-state index in [0.29, 0.717) is 29.3 Å². The minimum atomic E-state index is -0.442. The van der Waals surface area contributed by atoms with E-state index in [9.17, 15) is 0 Å². The quantitative estimate of drug-likeness (QED) is 0.179.